The monoisotopic (exact) mass is 497 g/mol. The van der Waals surface area contributed by atoms with Gasteiger partial charge in [-0.15, -0.1) is 0 Å². The van der Waals surface area contributed by atoms with Gasteiger partial charge in [0.15, 0.2) is 5.82 Å². The SMILES string of the molecule is COc1ccc2c(c1)CCC1(CCN(c3cnc(Sc4ccnc(N)c4Cl)c(N)n3)CC1)C2N. The van der Waals surface area contributed by atoms with E-state index < -0.39 is 0 Å². The topological polar surface area (TPSA) is 129 Å². The summed E-state index contributed by atoms with van der Waals surface area (Å²) in [4.78, 5) is 16.2. The Balaban J connectivity index is 1.28. The van der Waals surface area contributed by atoms with E-state index in [1.165, 1.54) is 22.9 Å². The molecular formula is C24H28ClN7OS. The highest BCUT2D eigenvalue weighted by atomic mass is 35.5. The van der Waals surface area contributed by atoms with E-state index in [4.69, 9.17) is 33.5 Å². The quantitative estimate of drug-likeness (QED) is 0.488. The Morgan fingerprint density at radius 1 is 1.12 bits per heavy atom. The number of benzene rings is 1. The molecule has 0 bridgehead atoms. The van der Waals surface area contributed by atoms with Crippen LogP contribution >= 0.6 is 23.4 Å². The van der Waals surface area contributed by atoms with Gasteiger partial charge in [0.2, 0.25) is 0 Å². The molecule has 10 heteroatoms. The van der Waals surface area contributed by atoms with Crippen LogP contribution in [0, 0.1) is 5.41 Å². The van der Waals surface area contributed by atoms with Crippen molar-refractivity contribution in [1.29, 1.82) is 0 Å². The van der Waals surface area contributed by atoms with Crippen molar-refractivity contribution in [2.75, 3.05) is 36.6 Å². The number of halogens is 1. The van der Waals surface area contributed by atoms with Gasteiger partial charge in [-0.05, 0) is 60.4 Å². The van der Waals surface area contributed by atoms with Gasteiger partial charge >= 0.3 is 0 Å². The first-order valence-electron chi connectivity index (χ1n) is 11.3. The summed E-state index contributed by atoms with van der Waals surface area (Å²) >= 11 is 7.59. The third kappa shape index (κ3) is 4.12. The molecule has 3 aromatic rings. The standard InChI is InChI=1S/C24H28ClN7OS/c1-33-15-2-3-16-14(12-15)4-6-24(20(16)26)7-10-32(11-8-24)18-13-30-23(22(28)31-18)34-17-5-9-29-21(27)19(17)25/h2-3,5,9,12-13,20H,4,6-8,10-11,26H2,1H3,(H2,27,29)(H2,28,31). The number of ether oxygens (including phenoxy) is 1. The first kappa shape index (κ1) is 23.0. The second-order valence-electron chi connectivity index (χ2n) is 8.92. The number of anilines is 3. The summed E-state index contributed by atoms with van der Waals surface area (Å²) in [5.74, 6) is 2.32. The van der Waals surface area contributed by atoms with Gasteiger partial charge in [0.05, 0.1) is 18.3 Å². The largest absolute Gasteiger partial charge is 0.497 e. The van der Waals surface area contributed by atoms with E-state index >= 15 is 0 Å². The lowest BCUT2D eigenvalue weighted by atomic mass is 9.63. The predicted molar refractivity (Wildman–Crippen MR) is 136 cm³/mol. The highest BCUT2D eigenvalue weighted by Crippen LogP contribution is 2.50. The van der Waals surface area contributed by atoms with E-state index in [2.05, 4.69) is 32.0 Å². The van der Waals surface area contributed by atoms with E-state index in [1.807, 2.05) is 6.07 Å². The minimum absolute atomic E-state index is 0.0248. The molecule has 0 radical (unpaired) electrons. The van der Waals surface area contributed by atoms with Crippen molar-refractivity contribution in [3.05, 3.63) is 52.8 Å². The molecule has 34 heavy (non-hydrogen) atoms. The number of methoxy groups -OCH3 is 1. The van der Waals surface area contributed by atoms with Crippen molar-refractivity contribution in [3.8, 4) is 5.75 Å². The number of fused-ring (bicyclic) bond motifs is 1. The van der Waals surface area contributed by atoms with Gasteiger partial charge in [-0.25, -0.2) is 15.0 Å². The van der Waals surface area contributed by atoms with Crippen LogP contribution in [0.4, 0.5) is 17.5 Å². The number of nitrogens with two attached hydrogens (primary N) is 3. The van der Waals surface area contributed by atoms with Gasteiger partial charge in [-0.2, -0.15) is 0 Å². The van der Waals surface area contributed by atoms with Crippen molar-refractivity contribution >= 4 is 40.8 Å². The van der Waals surface area contributed by atoms with Crippen LogP contribution in [0.3, 0.4) is 0 Å². The summed E-state index contributed by atoms with van der Waals surface area (Å²) in [5, 5.41) is 0.981. The predicted octanol–water partition coefficient (Wildman–Crippen LogP) is 4.08. The summed E-state index contributed by atoms with van der Waals surface area (Å²) in [6.45, 7) is 1.74. The fraction of sp³-hybridized carbons (Fsp3) is 0.375. The number of rotatable bonds is 4. The van der Waals surface area contributed by atoms with Crippen LogP contribution in [0.2, 0.25) is 5.02 Å². The molecule has 1 atom stereocenters. The van der Waals surface area contributed by atoms with Crippen LogP contribution in [0.25, 0.3) is 0 Å². The lowest BCUT2D eigenvalue weighted by Crippen LogP contribution is -2.48. The van der Waals surface area contributed by atoms with Crippen molar-refractivity contribution in [2.45, 2.75) is 41.6 Å². The van der Waals surface area contributed by atoms with Gasteiger partial charge in [0.25, 0.3) is 0 Å². The van der Waals surface area contributed by atoms with Crippen LogP contribution in [0.5, 0.6) is 5.75 Å². The molecule has 1 aliphatic carbocycles. The highest BCUT2D eigenvalue weighted by molar-refractivity contribution is 7.99. The van der Waals surface area contributed by atoms with Gasteiger partial charge in [-0.3, -0.25) is 0 Å². The molecule has 5 rings (SSSR count). The summed E-state index contributed by atoms with van der Waals surface area (Å²) in [5.41, 5.74) is 21.6. The number of aryl methyl sites for hydroxylation is 1. The molecule has 3 heterocycles. The van der Waals surface area contributed by atoms with E-state index in [-0.39, 0.29) is 17.3 Å². The second-order valence-corrected chi connectivity index (χ2v) is 10.3. The lowest BCUT2D eigenvalue weighted by Gasteiger charge is -2.48. The molecular weight excluding hydrogens is 470 g/mol. The Kier molecular flexibility index (Phi) is 6.18. The van der Waals surface area contributed by atoms with Gasteiger partial charge in [-0.1, -0.05) is 29.4 Å². The number of aromatic nitrogens is 3. The molecule has 1 unspecified atom stereocenters. The summed E-state index contributed by atoms with van der Waals surface area (Å²) in [6.07, 6.45) is 7.50. The zero-order valence-electron chi connectivity index (χ0n) is 19.0. The van der Waals surface area contributed by atoms with E-state index in [0.717, 1.165) is 55.2 Å². The van der Waals surface area contributed by atoms with Crippen LogP contribution in [-0.2, 0) is 6.42 Å². The third-order valence-electron chi connectivity index (χ3n) is 7.16. The Labute approximate surface area is 208 Å². The fourth-order valence-corrected chi connectivity index (χ4v) is 6.09. The number of hydrogen-bond donors (Lipinski definition) is 3. The van der Waals surface area contributed by atoms with Crippen molar-refractivity contribution in [3.63, 3.8) is 0 Å². The van der Waals surface area contributed by atoms with Crippen molar-refractivity contribution < 1.29 is 4.74 Å². The first-order chi connectivity index (χ1) is 16.4. The number of hydrogen-bond acceptors (Lipinski definition) is 9. The maximum atomic E-state index is 6.84. The summed E-state index contributed by atoms with van der Waals surface area (Å²) in [7, 11) is 1.70. The van der Waals surface area contributed by atoms with Crippen molar-refractivity contribution in [1.82, 2.24) is 15.0 Å². The van der Waals surface area contributed by atoms with Crippen LogP contribution in [0.1, 0.15) is 36.4 Å². The first-order valence-corrected chi connectivity index (χ1v) is 12.5. The molecule has 1 saturated heterocycles. The highest BCUT2D eigenvalue weighted by Gasteiger charge is 2.43. The van der Waals surface area contributed by atoms with E-state index in [0.29, 0.717) is 15.9 Å². The molecule has 6 N–H and O–H groups in total. The number of nitrogens with zero attached hydrogens (tertiary/aromatic N) is 4. The molecule has 0 saturated carbocycles. The zero-order chi connectivity index (χ0) is 23.9. The number of nitrogen functional groups attached to an aromatic ring is 2. The number of piperidine rings is 1. The molecule has 178 valence electrons. The smallest absolute Gasteiger partial charge is 0.158 e. The molecule has 1 fully saturated rings. The van der Waals surface area contributed by atoms with Gasteiger partial charge < -0.3 is 26.8 Å². The Bertz CT molecular complexity index is 1220. The van der Waals surface area contributed by atoms with Gasteiger partial charge in [0.1, 0.15) is 22.4 Å². The normalized spacial score (nSPS) is 19.1. The second kappa shape index (κ2) is 9.13. The molecule has 1 spiro atoms. The lowest BCUT2D eigenvalue weighted by molar-refractivity contribution is 0.141. The van der Waals surface area contributed by atoms with Crippen LogP contribution in [-0.4, -0.2) is 35.2 Å². The Morgan fingerprint density at radius 2 is 1.91 bits per heavy atom. The molecule has 1 aromatic carbocycles. The Hall–Kier alpha value is -2.75. The fourth-order valence-electron chi connectivity index (χ4n) is 5.08. The van der Waals surface area contributed by atoms with Crippen molar-refractivity contribution in [2.24, 2.45) is 11.1 Å². The third-order valence-corrected chi connectivity index (χ3v) is 8.74. The Morgan fingerprint density at radius 3 is 2.65 bits per heavy atom. The molecule has 0 amide bonds. The zero-order valence-corrected chi connectivity index (χ0v) is 20.6. The summed E-state index contributed by atoms with van der Waals surface area (Å²) in [6, 6.07) is 8.08. The summed E-state index contributed by atoms with van der Waals surface area (Å²) < 4.78 is 5.39. The van der Waals surface area contributed by atoms with Crippen LogP contribution < -0.4 is 26.8 Å². The minimum atomic E-state index is 0.0248. The van der Waals surface area contributed by atoms with Crippen LogP contribution in [0.15, 0.2) is 46.6 Å². The average molecular weight is 498 g/mol. The average Bonchev–Trinajstić information content (AvgIpc) is 2.86. The van der Waals surface area contributed by atoms with E-state index in [1.54, 1.807) is 25.6 Å². The van der Waals surface area contributed by atoms with Gasteiger partial charge in [0, 0.05) is 30.2 Å². The molecule has 8 nitrogen and oxygen atoms in total. The number of pyridine rings is 1. The minimum Gasteiger partial charge on any atom is -0.497 e. The van der Waals surface area contributed by atoms with E-state index in [9.17, 15) is 0 Å². The molecule has 1 aliphatic heterocycles. The maximum absolute atomic E-state index is 6.84. The molecule has 2 aromatic heterocycles. The maximum Gasteiger partial charge on any atom is 0.158 e. The molecule has 2 aliphatic rings.